The third kappa shape index (κ3) is 3.37. The van der Waals surface area contributed by atoms with Crippen molar-refractivity contribution in [2.75, 3.05) is 20.4 Å². The van der Waals surface area contributed by atoms with Gasteiger partial charge in [0.25, 0.3) is 0 Å². The molecule has 5 nitrogen and oxygen atoms in total. The number of methoxy groups -OCH3 is 1. The summed E-state index contributed by atoms with van der Waals surface area (Å²) in [5, 5.41) is 3.27. The van der Waals surface area contributed by atoms with Gasteiger partial charge in [-0.05, 0) is 30.7 Å². The molecule has 0 aromatic heterocycles. The highest BCUT2D eigenvalue weighted by Crippen LogP contribution is 2.32. The van der Waals surface area contributed by atoms with Crippen LogP contribution in [0.15, 0.2) is 18.2 Å². The van der Waals surface area contributed by atoms with Gasteiger partial charge in [0.2, 0.25) is 6.79 Å². The van der Waals surface area contributed by atoms with Crippen molar-refractivity contribution in [3.05, 3.63) is 23.8 Å². The molecular formula is C13H17NO4. The van der Waals surface area contributed by atoms with Crippen LogP contribution < -0.4 is 14.8 Å². The van der Waals surface area contributed by atoms with E-state index in [0.29, 0.717) is 13.2 Å². The molecule has 18 heavy (non-hydrogen) atoms. The number of ether oxygens (including phenoxy) is 3. The Labute approximate surface area is 106 Å². The number of carbonyl (C=O) groups is 1. The molecule has 1 aliphatic heterocycles. The number of hydrogen-bond donors (Lipinski definition) is 1. The minimum Gasteiger partial charge on any atom is -0.469 e. The maximum atomic E-state index is 10.9. The summed E-state index contributed by atoms with van der Waals surface area (Å²) in [6, 6.07) is 5.88. The number of hydrogen-bond acceptors (Lipinski definition) is 5. The van der Waals surface area contributed by atoms with Crippen molar-refractivity contribution >= 4 is 5.97 Å². The van der Waals surface area contributed by atoms with E-state index < -0.39 is 0 Å². The Balaban J connectivity index is 1.69. The Morgan fingerprint density at radius 1 is 1.39 bits per heavy atom. The maximum Gasteiger partial charge on any atom is 0.305 e. The molecule has 1 heterocycles. The highest BCUT2D eigenvalue weighted by atomic mass is 16.7. The molecule has 0 radical (unpaired) electrons. The summed E-state index contributed by atoms with van der Waals surface area (Å²) in [6.07, 6.45) is 1.22. The molecule has 0 amide bonds. The quantitative estimate of drug-likeness (QED) is 0.612. The zero-order valence-corrected chi connectivity index (χ0v) is 10.4. The van der Waals surface area contributed by atoms with Crippen LogP contribution in [0.3, 0.4) is 0 Å². The number of carbonyl (C=O) groups excluding carboxylic acids is 1. The Hall–Kier alpha value is -1.75. The number of esters is 1. The Morgan fingerprint density at radius 3 is 3.06 bits per heavy atom. The molecule has 0 spiro atoms. The van der Waals surface area contributed by atoms with Crippen molar-refractivity contribution < 1.29 is 19.0 Å². The lowest BCUT2D eigenvalue weighted by Gasteiger charge is -2.05. The van der Waals surface area contributed by atoms with E-state index >= 15 is 0 Å². The number of benzene rings is 1. The van der Waals surface area contributed by atoms with E-state index in [2.05, 4.69) is 10.1 Å². The lowest BCUT2D eigenvalue weighted by atomic mass is 10.2. The van der Waals surface area contributed by atoms with Gasteiger partial charge in [-0.15, -0.1) is 0 Å². The van der Waals surface area contributed by atoms with Crippen LogP contribution in [0.2, 0.25) is 0 Å². The summed E-state index contributed by atoms with van der Waals surface area (Å²) in [5.74, 6) is 1.42. The Morgan fingerprint density at radius 2 is 2.22 bits per heavy atom. The molecule has 1 aliphatic rings. The summed E-state index contributed by atoms with van der Waals surface area (Å²) in [4.78, 5) is 10.9. The van der Waals surface area contributed by atoms with Crippen molar-refractivity contribution in [3.8, 4) is 11.5 Å². The van der Waals surface area contributed by atoms with Gasteiger partial charge in [0.05, 0.1) is 7.11 Å². The standard InChI is InChI=1S/C13H17NO4/c1-16-13(15)3-2-6-14-8-10-4-5-11-12(7-10)18-9-17-11/h4-5,7,14H,2-3,6,8-9H2,1H3. The highest BCUT2D eigenvalue weighted by Gasteiger charge is 2.12. The fourth-order valence-electron chi connectivity index (χ4n) is 1.74. The molecule has 1 N–H and O–H groups in total. The zero-order chi connectivity index (χ0) is 12.8. The minimum atomic E-state index is -0.167. The lowest BCUT2D eigenvalue weighted by molar-refractivity contribution is -0.140. The summed E-state index contributed by atoms with van der Waals surface area (Å²) in [6.45, 7) is 1.83. The van der Waals surface area contributed by atoms with Crippen molar-refractivity contribution in [1.82, 2.24) is 5.32 Å². The van der Waals surface area contributed by atoms with Crippen molar-refractivity contribution in [2.24, 2.45) is 0 Å². The normalized spacial score (nSPS) is 12.5. The summed E-state index contributed by atoms with van der Waals surface area (Å²) in [7, 11) is 1.41. The van der Waals surface area contributed by atoms with Crippen LogP contribution >= 0.6 is 0 Å². The van der Waals surface area contributed by atoms with Crippen LogP contribution in [0.1, 0.15) is 18.4 Å². The first-order valence-corrected chi connectivity index (χ1v) is 5.95. The van der Waals surface area contributed by atoms with Crippen LogP contribution in [-0.4, -0.2) is 26.4 Å². The third-order valence-corrected chi connectivity index (χ3v) is 2.73. The largest absolute Gasteiger partial charge is 0.469 e. The van der Waals surface area contributed by atoms with Gasteiger partial charge in [-0.3, -0.25) is 4.79 Å². The molecule has 0 unspecified atom stereocenters. The molecule has 0 saturated heterocycles. The van der Waals surface area contributed by atoms with Crippen LogP contribution in [-0.2, 0) is 16.1 Å². The molecule has 0 fully saturated rings. The van der Waals surface area contributed by atoms with E-state index in [1.165, 1.54) is 7.11 Å². The summed E-state index contributed by atoms with van der Waals surface area (Å²) >= 11 is 0. The minimum absolute atomic E-state index is 0.167. The van der Waals surface area contributed by atoms with Gasteiger partial charge in [-0.1, -0.05) is 6.07 Å². The van der Waals surface area contributed by atoms with Gasteiger partial charge < -0.3 is 19.5 Å². The van der Waals surface area contributed by atoms with Gasteiger partial charge in [-0.2, -0.15) is 0 Å². The molecule has 1 aromatic rings. The Kier molecular flexibility index (Phi) is 4.41. The topological polar surface area (TPSA) is 56.8 Å². The van der Waals surface area contributed by atoms with Gasteiger partial charge >= 0.3 is 5.97 Å². The van der Waals surface area contributed by atoms with Crippen LogP contribution in [0.25, 0.3) is 0 Å². The molecule has 1 aromatic carbocycles. The number of rotatable bonds is 6. The maximum absolute atomic E-state index is 10.9. The van der Waals surface area contributed by atoms with Crippen molar-refractivity contribution in [2.45, 2.75) is 19.4 Å². The van der Waals surface area contributed by atoms with Gasteiger partial charge in [0.1, 0.15) is 0 Å². The van der Waals surface area contributed by atoms with Gasteiger partial charge in [0.15, 0.2) is 11.5 Å². The van der Waals surface area contributed by atoms with E-state index in [1.807, 2.05) is 18.2 Å². The molecule has 2 rings (SSSR count). The smallest absolute Gasteiger partial charge is 0.305 e. The SMILES string of the molecule is COC(=O)CCCNCc1ccc2c(c1)OCO2. The molecule has 0 aliphatic carbocycles. The third-order valence-electron chi connectivity index (χ3n) is 2.73. The van der Waals surface area contributed by atoms with Gasteiger partial charge in [-0.25, -0.2) is 0 Å². The summed E-state index contributed by atoms with van der Waals surface area (Å²) < 4.78 is 15.1. The highest BCUT2D eigenvalue weighted by molar-refractivity contribution is 5.69. The van der Waals surface area contributed by atoms with E-state index in [9.17, 15) is 4.79 Å². The molecule has 5 heteroatoms. The lowest BCUT2D eigenvalue weighted by Crippen LogP contribution is -2.16. The van der Waals surface area contributed by atoms with E-state index in [4.69, 9.17) is 9.47 Å². The predicted octanol–water partition coefficient (Wildman–Crippen LogP) is 1.46. The van der Waals surface area contributed by atoms with Crippen LogP contribution in [0, 0.1) is 0 Å². The first kappa shape index (κ1) is 12.7. The van der Waals surface area contributed by atoms with Crippen LogP contribution in [0.4, 0.5) is 0 Å². The molecule has 98 valence electrons. The second-order valence-electron chi connectivity index (χ2n) is 4.04. The fourth-order valence-corrected chi connectivity index (χ4v) is 1.74. The Bertz CT molecular complexity index is 419. The predicted molar refractivity (Wildman–Crippen MR) is 65.5 cm³/mol. The molecule has 0 saturated carbocycles. The average molecular weight is 251 g/mol. The monoisotopic (exact) mass is 251 g/mol. The van der Waals surface area contributed by atoms with Crippen molar-refractivity contribution in [3.63, 3.8) is 0 Å². The number of nitrogens with one attached hydrogen (secondary N) is 1. The van der Waals surface area contributed by atoms with E-state index in [-0.39, 0.29) is 5.97 Å². The first-order chi connectivity index (χ1) is 8.79. The van der Waals surface area contributed by atoms with Gasteiger partial charge in [0, 0.05) is 13.0 Å². The molecule has 0 bridgehead atoms. The molecular weight excluding hydrogens is 234 g/mol. The zero-order valence-electron chi connectivity index (χ0n) is 10.4. The van der Waals surface area contributed by atoms with E-state index in [1.54, 1.807) is 0 Å². The average Bonchev–Trinajstić information content (AvgIpc) is 2.85. The molecule has 0 atom stereocenters. The number of fused-ring (bicyclic) bond motifs is 1. The van der Waals surface area contributed by atoms with Crippen LogP contribution in [0.5, 0.6) is 11.5 Å². The first-order valence-electron chi connectivity index (χ1n) is 5.95. The second-order valence-corrected chi connectivity index (χ2v) is 4.04. The second kappa shape index (κ2) is 6.26. The summed E-state index contributed by atoms with van der Waals surface area (Å²) in [5.41, 5.74) is 1.14. The van der Waals surface area contributed by atoms with Crippen molar-refractivity contribution in [1.29, 1.82) is 0 Å². The fraction of sp³-hybridized carbons (Fsp3) is 0.462. The van der Waals surface area contributed by atoms with E-state index in [0.717, 1.165) is 36.6 Å².